The van der Waals surface area contributed by atoms with Gasteiger partial charge in [0, 0.05) is 25.1 Å². The Bertz CT molecular complexity index is 480. The third kappa shape index (κ3) is 3.37. The molecule has 19 heavy (non-hydrogen) atoms. The number of nitrogens with zero attached hydrogens (tertiary/aromatic N) is 1. The second kappa shape index (κ2) is 6.23. The summed E-state index contributed by atoms with van der Waals surface area (Å²) in [4.78, 5) is 25.2. The lowest BCUT2D eigenvalue weighted by Crippen LogP contribution is -2.43. The van der Waals surface area contributed by atoms with Gasteiger partial charge in [-0.15, -0.1) is 11.3 Å². The van der Waals surface area contributed by atoms with E-state index in [0.717, 1.165) is 9.78 Å². The molecule has 1 aromatic heterocycles. The first kappa shape index (κ1) is 14.1. The fourth-order valence-electron chi connectivity index (χ4n) is 1.74. The first-order valence-corrected chi connectivity index (χ1v) is 6.92. The quantitative estimate of drug-likeness (QED) is 0.891. The molecule has 0 saturated carbocycles. The molecule has 2 heterocycles. The molecular formula is C11H14ClN3O3S. The van der Waals surface area contributed by atoms with Gasteiger partial charge in [0.25, 0.3) is 0 Å². The molecule has 4 amide bonds. The van der Waals surface area contributed by atoms with Gasteiger partial charge in [-0.1, -0.05) is 11.6 Å². The van der Waals surface area contributed by atoms with Gasteiger partial charge in [-0.3, -0.25) is 0 Å². The Kier molecular flexibility index (Phi) is 4.62. The zero-order chi connectivity index (χ0) is 13.8. The maximum Gasteiger partial charge on any atom is 0.325 e. The zero-order valence-electron chi connectivity index (χ0n) is 10.3. The topological polar surface area (TPSA) is 70.7 Å². The molecule has 0 spiro atoms. The van der Waals surface area contributed by atoms with Gasteiger partial charge < -0.3 is 15.4 Å². The number of urea groups is 2. The van der Waals surface area contributed by atoms with Crippen molar-refractivity contribution in [2.24, 2.45) is 0 Å². The average Bonchev–Trinajstić information content (AvgIpc) is 2.99. The van der Waals surface area contributed by atoms with Crippen LogP contribution in [0, 0.1) is 0 Å². The van der Waals surface area contributed by atoms with E-state index in [1.54, 1.807) is 13.2 Å². The van der Waals surface area contributed by atoms with E-state index in [4.69, 9.17) is 16.3 Å². The Morgan fingerprint density at radius 2 is 2.47 bits per heavy atom. The van der Waals surface area contributed by atoms with Crippen molar-refractivity contribution in [1.82, 2.24) is 15.5 Å². The minimum atomic E-state index is -0.417. The van der Waals surface area contributed by atoms with Crippen molar-refractivity contribution in [3.63, 3.8) is 0 Å². The number of thiophene rings is 1. The highest BCUT2D eigenvalue weighted by molar-refractivity contribution is 7.16. The summed E-state index contributed by atoms with van der Waals surface area (Å²) in [6, 6.07) is 2.85. The molecule has 2 N–H and O–H groups in total. The Labute approximate surface area is 119 Å². The summed E-state index contributed by atoms with van der Waals surface area (Å²) in [5.74, 6) is 0. The van der Waals surface area contributed by atoms with Crippen molar-refractivity contribution in [1.29, 1.82) is 0 Å². The lowest BCUT2D eigenvalue weighted by atomic mass is 10.3. The van der Waals surface area contributed by atoms with Crippen LogP contribution in [0.5, 0.6) is 0 Å². The Morgan fingerprint density at radius 1 is 1.68 bits per heavy atom. The van der Waals surface area contributed by atoms with Gasteiger partial charge in [-0.05, 0) is 12.1 Å². The lowest BCUT2D eigenvalue weighted by Gasteiger charge is -2.17. The summed E-state index contributed by atoms with van der Waals surface area (Å²) in [5.41, 5.74) is 0. The van der Waals surface area contributed by atoms with Crippen LogP contribution in [0.25, 0.3) is 0 Å². The zero-order valence-corrected chi connectivity index (χ0v) is 11.9. The Hall–Kier alpha value is -1.31. The summed E-state index contributed by atoms with van der Waals surface area (Å²) in [7, 11) is 1.56. The smallest absolute Gasteiger partial charge is 0.325 e. The number of ether oxygens (including phenoxy) is 1. The highest BCUT2D eigenvalue weighted by Gasteiger charge is 2.26. The largest absolute Gasteiger partial charge is 0.374 e. The van der Waals surface area contributed by atoms with Crippen molar-refractivity contribution >= 4 is 35.0 Å². The van der Waals surface area contributed by atoms with Crippen LogP contribution >= 0.6 is 22.9 Å². The molecule has 104 valence electrons. The molecule has 1 aromatic rings. The van der Waals surface area contributed by atoms with Crippen LogP contribution in [-0.2, 0) is 4.74 Å². The highest BCUT2D eigenvalue weighted by Crippen LogP contribution is 2.28. The molecular weight excluding hydrogens is 290 g/mol. The van der Waals surface area contributed by atoms with Crippen LogP contribution in [0.4, 0.5) is 9.59 Å². The Balaban J connectivity index is 1.89. The van der Waals surface area contributed by atoms with Gasteiger partial charge in [0.1, 0.15) is 6.10 Å². The molecule has 1 atom stereocenters. The van der Waals surface area contributed by atoms with Gasteiger partial charge in [0.05, 0.1) is 10.9 Å². The van der Waals surface area contributed by atoms with Crippen molar-refractivity contribution < 1.29 is 14.3 Å². The fraction of sp³-hybridized carbons (Fsp3) is 0.455. The van der Waals surface area contributed by atoms with Crippen LogP contribution in [0.2, 0.25) is 4.34 Å². The van der Waals surface area contributed by atoms with Crippen molar-refractivity contribution in [3.05, 3.63) is 21.3 Å². The summed E-state index contributed by atoms with van der Waals surface area (Å²) in [6.07, 6.45) is -0.271. The van der Waals surface area contributed by atoms with E-state index >= 15 is 0 Å². The van der Waals surface area contributed by atoms with Crippen LogP contribution < -0.4 is 10.6 Å². The molecule has 6 nitrogen and oxygen atoms in total. The molecule has 0 radical (unpaired) electrons. The standard InChI is InChI=1S/C11H14ClN3O3S/c1-18-7(8-2-3-9(12)19-8)6-14-11(17)15-5-4-13-10(15)16/h2-3,7H,4-6H2,1H3,(H,13,16)(H,14,17)/t7-/m1/s1. The van der Waals surface area contributed by atoms with E-state index in [1.807, 2.05) is 6.07 Å². The molecule has 1 saturated heterocycles. The molecule has 1 fully saturated rings. The van der Waals surface area contributed by atoms with Crippen LogP contribution in [-0.4, -0.2) is 43.7 Å². The van der Waals surface area contributed by atoms with Crippen molar-refractivity contribution in [2.75, 3.05) is 26.7 Å². The first-order chi connectivity index (χ1) is 9.11. The molecule has 8 heteroatoms. The van der Waals surface area contributed by atoms with Gasteiger partial charge in [-0.2, -0.15) is 0 Å². The van der Waals surface area contributed by atoms with Crippen LogP contribution in [0.1, 0.15) is 11.0 Å². The van der Waals surface area contributed by atoms with Gasteiger partial charge in [0.15, 0.2) is 0 Å². The van der Waals surface area contributed by atoms with Gasteiger partial charge in [-0.25, -0.2) is 14.5 Å². The number of rotatable bonds is 4. The third-order valence-corrected chi connectivity index (χ3v) is 4.06. The monoisotopic (exact) mass is 303 g/mol. The van der Waals surface area contributed by atoms with Crippen LogP contribution in [0.3, 0.4) is 0 Å². The number of hydrogen-bond acceptors (Lipinski definition) is 4. The number of amides is 4. The summed E-state index contributed by atoms with van der Waals surface area (Å²) >= 11 is 7.26. The lowest BCUT2D eigenvalue weighted by molar-refractivity contribution is 0.105. The van der Waals surface area contributed by atoms with Crippen molar-refractivity contribution in [3.8, 4) is 0 Å². The number of nitrogens with one attached hydrogen (secondary N) is 2. The summed E-state index contributed by atoms with van der Waals surface area (Å²) in [5, 5.41) is 5.25. The highest BCUT2D eigenvalue weighted by atomic mass is 35.5. The molecule has 1 aliphatic rings. The number of carbonyl (C=O) groups excluding carboxylic acids is 2. The van der Waals surface area contributed by atoms with E-state index in [9.17, 15) is 9.59 Å². The van der Waals surface area contributed by atoms with Gasteiger partial charge in [0.2, 0.25) is 0 Å². The number of halogens is 1. The van der Waals surface area contributed by atoms with E-state index in [-0.39, 0.29) is 18.7 Å². The first-order valence-electron chi connectivity index (χ1n) is 5.73. The number of carbonyl (C=O) groups is 2. The predicted molar refractivity (Wildman–Crippen MR) is 72.6 cm³/mol. The number of hydrogen-bond donors (Lipinski definition) is 2. The number of imide groups is 1. The maximum atomic E-state index is 11.8. The predicted octanol–water partition coefficient (Wildman–Crippen LogP) is 1.82. The molecule has 0 unspecified atom stereocenters. The van der Waals surface area contributed by atoms with E-state index < -0.39 is 6.03 Å². The second-order valence-corrected chi connectivity index (χ2v) is 5.68. The van der Waals surface area contributed by atoms with E-state index in [0.29, 0.717) is 17.4 Å². The van der Waals surface area contributed by atoms with Gasteiger partial charge >= 0.3 is 12.1 Å². The third-order valence-electron chi connectivity index (χ3n) is 2.74. The molecule has 1 aliphatic heterocycles. The maximum absolute atomic E-state index is 11.8. The van der Waals surface area contributed by atoms with E-state index in [1.165, 1.54) is 11.3 Å². The SMILES string of the molecule is CO[C@H](CNC(=O)N1CCNC1=O)c1ccc(Cl)s1. The minimum Gasteiger partial charge on any atom is -0.374 e. The summed E-state index contributed by atoms with van der Waals surface area (Å²) in [6.45, 7) is 1.16. The minimum absolute atomic E-state index is 0.271. The molecule has 0 aliphatic carbocycles. The summed E-state index contributed by atoms with van der Waals surface area (Å²) < 4.78 is 5.98. The number of methoxy groups -OCH3 is 1. The van der Waals surface area contributed by atoms with Crippen LogP contribution in [0.15, 0.2) is 12.1 Å². The normalized spacial score (nSPS) is 16.3. The average molecular weight is 304 g/mol. The molecule has 2 rings (SSSR count). The molecule has 0 bridgehead atoms. The van der Waals surface area contributed by atoms with E-state index in [2.05, 4.69) is 10.6 Å². The van der Waals surface area contributed by atoms with Crippen molar-refractivity contribution in [2.45, 2.75) is 6.10 Å². The molecule has 0 aromatic carbocycles. The second-order valence-electron chi connectivity index (χ2n) is 3.94. The fourth-order valence-corrected chi connectivity index (χ4v) is 2.88. The Morgan fingerprint density at radius 3 is 3.00 bits per heavy atom.